The summed E-state index contributed by atoms with van der Waals surface area (Å²) in [4.78, 5) is 41.2. The van der Waals surface area contributed by atoms with Crippen LogP contribution in [0.2, 0.25) is 0 Å². The molecular formula is C42H35N3O5S. The third kappa shape index (κ3) is 8.83. The molecule has 3 N–H and O–H groups in total. The molecule has 1 atom stereocenters. The Labute approximate surface area is 300 Å². The molecule has 6 aromatic rings. The van der Waals surface area contributed by atoms with Crippen molar-refractivity contribution in [2.75, 3.05) is 17.7 Å². The molecule has 0 fully saturated rings. The van der Waals surface area contributed by atoms with Gasteiger partial charge in [0.15, 0.2) is 0 Å². The Balaban J connectivity index is 1.21. The first-order chi connectivity index (χ1) is 24.9. The number of carbonyl (C=O) groups excluding carboxylic acids is 3. The average Bonchev–Trinajstić information content (AvgIpc) is 3.64. The Morgan fingerprint density at radius 2 is 1.39 bits per heavy atom. The summed E-state index contributed by atoms with van der Waals surface area (Å²) < 4.78 is 11.5. The van der Waals surface area contributed by atoms with E-state index in [1.54, 1.807) is 55.6 Å². The number of thioether (sulfide) groups is 1. The molecule has 51 heavy (non-hydrogen) atoms. The maximum absolute atomic E-state index is 13.7. The second kappa shape index (κ2) is 16.4. The van der Waals surface area contributed by atoms with Gasteiger partial charge in [-0.15, -0.1) is 11.8 Å². The lowest BCUT2D eigenvalue weighted by Gasteiger charge is -2.18. The van der Waals surface area contributed by atoms with Crippen LogP contribution in [0.15, 0.2) is 161 Å². The molecule has 3 amide bonds. The number of benzene rings is 5. The van der Waals surface area contributed by atoms with Crippen LogP contribution in [0.3, 0.4) is 0 Å². The molecular weight excluding hydrogens is 659 g/mol. The van der Waals surface area contributed by atoms with E-state index in [9.17, 15) is 14.4 Å². The third-order valence-electron chi connectivity index (χ3n) is 7.92. The van der Waals surface area contributed by atoms with Crippen molar-refractivity contribution in [2.45, 2.75) is 17.1 Å². The van der Waals surface area contributed by atoms with Gasteiger partial charge in [0.25, 0.3) is 11.8 Å². The number of aryl methyl sites for hydroxylation is 1. The summed E-state index contributed by atoms with van der Waals surface area (Å²) in [6, 6.07) is 44.0. The summed E-state index contributed by atoms with van der Waals surface area (Å²) >= 11 is 1.41. The van der Waals surface area contributed by atoms with Gasteiger partial charge in [-0.25, -0.2) is 0 Å². The predicted octanol–water partition coefficient (Wildman–Crippen LogP) is 9.15. The highest BCUT2D eigenvalue weighted by Gasteiger charge is 2.23. The Hall–Kier alpha value is -6.32. The van der Waals surface area contributed by atoms with Gasteiger partial charge in [0.1, 0.15) is 28.2 Å². The zero-order chi connectivity index (χ0) is 35.6. The van der Waals surface area contributed by atoms with Crippen molar-refractivity contribution < 1.29 is 23.5 Å². The van der Waals surface area contributed by atoms with E-state index in [0.29, 0.717) is 28.5 Å². The van der Waals surface area contributed by atoms with E-state index in [2.05, 4.69) is 16.0 Å². The lowest BCUT2D eigenvalue weighted by molar-refractivity contribution is -0.116. The van der Waals surface area contributed by atoms with E-state index in [1.807, 2.05) is 104 Å². The standard InChI is InChI=1S/C42H35N3O5S/c1-28-13-9-11-19-35(28)44-42(48)39(29-14-5-3-6-15-29)51-33-24-21-31(22-25-33)43-41(47)36(45-40(46)30-16-7-4-8-17-30)27-32-23-26-38(50-32)34-18-10-12-20-37(34)49-2/h3-27,39H,1-2H3,(H,43,47)(H,44,48)(H,45,46)/b36-27-/t39-/m0/s1. The molecule has 0 radical (unpaired) electrons. The largest absolute Gasteiger partial charge is 0.496 e. The minimum absolute atomic E-state index is 0.0137. The van der Waals surface area contributed by atoms with Gasteiger partial charge in [0.05, 0.1) is 12.7 Å². The van der Waals surface area contributed by atoms with Crippen molar-refractivity contribution in [1.29, 1.82) is 0 Å². The molecule has 5 aromatic carbocycles. The van der Waals surface area contributed by atoms with Crippen LogP contribution < -0.4 is 20.7 Å². The molecule has 9 heteroatoms. The maximum atomic E-state index is 13.7. The van der Waals surface area contributed by atoms with Crippen LogP contribution >= 0.6 is 11.8 Å². The second-order valence-corrected chi connectivity index (χ2v) is 12.7. The third-order valence-corrected chi connectivity index (χ3v) is 9.19. The van der Waals surface area contributed by atoms with Gasteiger partial charge in [0.2, 0.25) is 5.91 Å². The molecule has 0 bridgehead atoms. The molecule has 254 valence electrons. The highest BCUT2D eigenvalue weighted by Crippen LogP contribution is 2.37. The zero-order valence-corrected chi connectivity index (χ0v) is 28.8. The van der Waals surface area contributed by atoms with E-state index in [-0.39, 0.29) is 11.6 Å². The van der Waals surface area contributed by atoms with Crippen LogP contribution in [0, 0.1) is 6.92 Å². The molecule has 1 heterocycles. The quantitative estimate of drug-likeness (QED) is 0.0872. The molecule has 0 spiro atoms. The van der Waals surface area contributed by atoms with Crippen molar-refractivity contribution in [3.05, 3.63) is 174 Å². The fraction of sp³-hybridized carbons (Fsp3) is 0.0714. The SMILES string of the molecule is COc1ccccc1-c1ccc(/C=C(\NC(=O)c2ccccc2)C(=O)Nc2ccc(S[C@H](C(=O)Nc3ccccc3C)c3ccccc3)cc2)o1. The van der Waals surface area contributed by atoms with Gasteiger partial charge in [-0.1, -0.05) is 78.9 Å². The molecule has 0 aliphatic heterocycles. The summed E-state index contributed by atoms with van der Waals surface area (Å²) in [5.41, 5.74) is 4.22. The van der Waals surface area contributed by atoms with E-state index < -0.39 is 17.1 Å². The van der Waals surface area contributed by atoms with Crippen LogP contribution in [0.5, 0.6) is 5.75 Å². The van der Waals surface area contributed by atoms with Gasteiger partial charge in [-0.2, -0.15) is 0 Å². The van der Waals surface area contributed by atoms with Crippen molar-refractivity contribution >= 4 is 46.9 Å². The van der Waals surface area contributed by atoms with Crippen LogP contribution in [0.1, 0.15) is 32.5 Å². The highest BCUT2D eigenvalue weighted by atomic mass is 32.2. The number of nitrogens with one attached hydrogen (secondary N) is 3. The normalized spacial score (nSPS) is 11.7. The van der Waals surface area contributed by atoms with Gasteiger partial charge < -0.3 is 25.1 Å². The Morgan fingerprint density at radius 1 is 0.725 bits per heavy atom. The molecule has 0 unspecified atom stereocenters. The van der Waals surface area contributed by atoms with Crippen LogP contribution in [0.4, 0.5) is 11.4 Å². The predicted molar refractivity (Wildman–Crippen MR) is 203 cm³/mol. The number of hydrogen-bond acceptors (Lipinski definition) is 6. The molecule has 8 nitrogen and oxygen atoms in total. The highest BCUT2D eigenvalue weighted by molar-refractivity contribution is 8.00. The van der Waals surface area contributed by atoms with Crippen LogP contribution in [0.25, 0.3) is 17.4 Å². The number of rotatable bonds is 12. The summed E-state index contributed by atoms with van der Waals surface area (Å²) in [6.07, 6.45) is 1.48. The minimum atomic E-state index is -0.547. The summed E-state index contributed by atoms with van der Waals surface area (Å²) in [6.45, 7) is 1.95. The van der Waals surface area contributed by atoms with Crippen molar-refractivity contribution in [3.63, 3.8) is 0 Å². The van der Waals surface area contributed by atoms with Gasteiger partial charge in [-0.3, -0.25) is 14.4 Å². The number of para-hydroxylation sites is 2. The summed E-state index contributed by atoms with van der Waals surface area (Å²) in [5, 5.41) is 8.17. The molecule has 0 saturated heterocycles. The number of methoxy groups -OCH3 is 1. The molecule has 6 rings (SSSR count). The van der Waals surface area contributed by atoms with E-state index >= 15 is 0 Å². The van der Waals surface area contributed by atoms with Crippen LogP contribution in [-0.4, -0.2) is 24.8 Å². The van der Waals surface area contributed by atoms with E-state index in [0.717, 1.165) is 27.3 Å². The summed E-state index contributed by atoms with van der Waals surface area (Å²) in [7, 11) is 1.58. The van der Waals surface area contributed by atoms with Crippen molar-refractivity contribution in [2.24, 2.45) is 0 Å². The number of hydrogen-bond donors (Lipinski definition) is 3. The fourth-order valence-corrected chi connectivity index (χ4v) is 6.30. The van der Waals surface area contributed by atoms with Crippen LogP contribution in [-0.2, 0) is 9.59 Å². The number of anilines is 2. The molecule has 1 aromatic heterocycles. The number of amides is 3. The lowest BCUT2D eigenvalue weighted by atomic mass is 10.1. The molecule has 0 saturated carbocycles. The van der Waals surface area contributed by atoms with E-state index in [4.69, 9.17) is 9.15 Å². The Morgan fingerprint density at radius 3 is 2.12 bits per heavy atom. The second-order valence-electron chi connectivity index (χ2n) is 11.5. The zero-order valence-electron chi connectivity index (χ0n) is 28.0. The molecule has 0 aliphatic rings. The first-order valence-corrected chi connectivity index (χ1v) is 17.1. The van der Waals surface area contributed by atoms with E-state index in [1.165, 1.54) is 17.8 Å². The average molecular weight is 694 g/mol. The van der Waals surface area contributed by atoms with Crippen molar-refractivity contribution in [1.82, 2.24) is 5.32 Å². The van der Waals surface area contributed by atoms with Crippen molar-refractivity contribution in [3.8, 4) is 17.1 Å². The Kier molecular flexibility index (Phi) is 11.1. The minimum Gasteiger partial charge on any atom is -0.496 e. The smallest absolute Gasteiger partial charge is 0.272 e. The monoisotopic (exact) mass is 693 g/mol. The molecule has 0 aliphatic carbocycles. The first-order valence-electron chi connectivity index (χ1n) is 16.2. The number of furan rings is 1. The summed E-state index contributed by atoms with van der Waals surface area (Å²) in [5.74, 6) is 0.403. The first kappa shape index (κ1) is 34.5. The number of carbonyl (C=O) groups is 3. The van der Waals surface area contributed by atoms with Gasteiger partial charge in [0, 0.05) is 27.9 Å². The topological polar surface area (TPSA) is 110 Å². The fourth-order valence-electron chi connectivity index (χ4n) is 5.27. The maximum Gasteiger partial charge on any atom is 0.272 e. The Bertz CT molecular complexity index is 2160. The number of ether oxygens (including phenoxy) is 1. The van der Waals surface area contributed by atoms with Gasteiger partial charge >= 0.3 is 0 Å². The van der Waals surface area contributed by atoms with Gasteiger partial charge in [-0.05, 0) is 84.8 Å². The lowest BCUT2D eigenvalue weighted by Crippen LogP contribution is -2.30.